The van der Waals surface area contributed by atoms with Crippen molar-refractivity contribution in [1.82, 2.24) is 9.78 Å². The molecule has 0 atom stereocenters. The van der Waals surface area contributed by atoms with Crippen molar-refractivity contribution in [2.24, 2.45) is 7.05 Å². The lowest BCUT2D eigenvalue weighted by molar-refractivity contribution is -0.137. The molecule has 1 aromatic heterocycles. The quantitative estimate of drug-likeness (QED) is 0.800. The fraction of sp³-hybridized carbons (Fsp3) is 0.231. The highest BCUT2D eigenvalue weighted by Gasteiger charge is 2.32. The number of anilines is 1. The zero-order chi connectivity index (χ0) is 15.8. The molecule has 21 heavy (non-hydrogen) atoms. The summed E-state index contributed by atoms with van der Waals surface area (Å²) in [4.78, 5) is 13.2. The highest BCUT2D eigenvalue weighted by Crippen LogP contribution is 2.30. The van der Waals surface area contributed by atoms with Crippen molar-refractivity contribution in [2.75, 3.05) is 11.9 Å². The molecule has 0 saturated heterocycles. The Hall–Kier alpha value is -2.38. The monoisotopic (exact) mass is 301 g/mol. The lowest BCUT2D eigenvalue weighted by atomic mass is 10.1. The van der Waals surface area contributed by atoms with Crippen LogP contribution in [0.2, 0.25) is 0 Å². The van der Waals surface area contributed by atoms with E-state index >= 15 is 0 Å². The van der Waals surface area contributed by atoms with Crippen LogP contribution in [0.3, 0.4) is 0 Å². The van der Waals surface area contributed by atoms with Crippen molar-refractivity contribution in [2.45, 2.75) is 6.18 Å². The highest BCUT2D eigenvalue weighted by molar-refractivity contribution is 6.05. The summed E-state index contributed by atoms with van der Waals surface area (Å²) in [5.41, 5.74) is -1.37. The third kappa shape index (κ3) is 3.04. The van der Waals surface area contributed by atoms with Crippen LogP contribution in [-0.2, 0) is 13.2 Å². The molecule has 0 aliphatic rings. The minimum absolute atomic E-state index is 0.347. The average Bonchev–Trinajstić information content (AvgIpc) is 2.83. The second-order valence-electron chi connectivity index (χ2n) is 4.43. The van der Waals surface area contributed by atoms with Crippen LogP contribution in [0.4, 0.5) is 23.2 Å². The van der Waals surface area contributed by atoms with E-state index in [0.717, 1.165) is 4.90 Å². The van der Waals surface area contributed by atoms with Crippen LogP contribution in [-0.4, -0.2) is 22.7 Å². The van der Waals surface area contributed by atoms with E-state index < -0.39 is 29.0 Å². The molecule has 0 aliphatic carbocycles. The lowest BCUT2D eigenvalue weighted by Crippen LogP contribution is -2.27. The largest absolute Gasteiger partial charge is 0.416 e. The SMILES string of the molecule is CN(C(=O)c1cc(C(F)(F)F)ccc1F)c1cnn(C)c1. The number of hydrogen-bond acceptors (Lipinski definition) is 2. The van der Waals surface area contributed by atoms with Crippen LogP contribution in [0, 0.1) is 5.82 Å². The van der Waals surface area contributed by atoms with Gasteiger partial charge in [-0.05, 0) is 18.2 Å². The number of benzene rings is 1. The van der Waals surface area contributed by atoms with Crippen LogP contribution in [0.5, 0.6) is 0 Å². The van der Waals surface area contributed by atoms with Crippen molar-refractivity contribution in [3.63, 3.8) is 0 Å². The van der Waals surface area contributed by atoms with Gasteiger partial charge in [-0.3, -0.25) is 9.48 Å². The number of amides is 1. The molecule has 0 bridgehead atoms. The van der Waals surface area contributed by atoms with E-state index in [-0.39, 0.29) is 0 Å². The van der Waals surface area contributed by atoms with Gasteiger partial charge in [0.2, 0.25) is 0 Å². The van der Waals surface area contributed by atoms with Crippen molar-refractivity contribution in [1.29, 1.82) is 0 Å². The predicted octanol–water partition coefficient (Wildman–Crippen LogP) is 2.85. The number of carbonyl (C=O) groups excluding carboxylic acids is 1. The summed E-state index contributed by atoms with van der Waals surface area (Å²) >= 11 is 0. The van der Waals surface area contributed by atoms with Gasteiger partial charge in [-0.2, -0.15) is 18.3 Å². The first-order chi connectivity index (χ1) is 9.70. The molecule has 0 radical (unpaired) electrons. The molecule has 1 aromatic carbocycles. The first-order valence-electron chi connectivity index (χ1n) is 5.83. The molecule has 8 heteroatoms. The molecule has 0 aliphatic heterocycles. The molecule has 2 aromatic rings. The Kier molecular flexibility index (Phi) is 3.71. The first-order valence-corrected chi connectivity index (χ1v) is 5.83. The first kappa shape index (κ1) is 15.0. The smallest absolute Gasteiger partial charge is 0.308 e. The molecular weight excluding hydrogens is 290 g/mol. The van der Waals surface area contributed by atoms with Crippen LogP contribution < -0.4 is 4.90 Å². The van der Waals surface area contributed by atoms with Crippen LogP contribution in [0.1, 0.15) is 15.9 Å². The van der Waals surface area contributed by atoms with Crippen LogP contribution in [0.15, 0.2) is 30.6 Å². The lowest BCUT2D eigenvalue weighted by Gasteiger charge is -2.16. The van der Waals surface area contributed by atoms with E-state index in [9.17, 15) is 22.4 Å². The third-order valence-corrected chi connectivity index (χ3v) is 2.91. The number of hydrogen-bond donors (Lipinski definition) is 0. The minimum atomic E-state index is -4.64. The van der Waals surface area contributed by atoms with Gasteiger partial charge in [-0.15, -0.1) is 0 Å². The van der Waals surface area contributed by atoms with Crippen LogP contribution in [0.25, 0.3) is 0 Å². The van der Waals surface area contributed by atoms with Gasteiger partial charge in [-0.1, -0.05) is 0 Å². The molecule has 0 saturated carbocycles. The number of alkyl halides is 3. The van der Waals surface area contributed by atoms with Gasteiger partial charge >= 0.3 is 6.18 Å². The Morgan fingerprint density at radius 1 is 1.33 bits per heavy atom. The van der Waals surface area contributed by atoms with E-state index in [1.807, 2.05) is 0 Å². The number of rotatable bonds is 2. The predicted molar refractivity (Wildman–Crippen MR) is 67.3 cm³/mol. The van der Waals surface area contributed by atoms with E-state index in [1.54, 1.807) is 7.05 Å². The second kappa shape index (κ2) is 5.19. The summed E-state index contributed by atoms with van der Waals surface area (Å²) in [6.45, 7) is 0. The summed E-state index contributed by atoms with van der Waals surface area (Å²) in [5.74, 6) is -1.89. The molecule has 2 rings (SSSR count). The maximum Gasteiger partial charge on any atom is 0.416 e. The summed E-state index contributed by atoms with van der Waals surface area (Å²) < 4.78 is 53.0. The third-order valence-electron chi connectivity index (χ3n) is 2.91. The fourth-order valence-electron chi connectivity index (χ4n) is 1.74. The number of nitrogens with zero attached hydrogens (tertiary/aromatic N) is 3. The summed E-state index contributed by atoms with van der Waals surface area (Å²) in [6.07, 6.45) is -1.80. The molecule has 1 heterocycles. The molecule has 4 nitrogen and oxygen atoms in total. The highest BCUT2D eigenvalue weighted by atomic mass is 19.4. The number of aryl methyl sites for hydroxylation is 1. The standard InChI is InChI=1S/C13H11F4N3O/c1-19-7-9(6-18-19)20(2)12(21)10-5-8(13(15,16)17)3-4-11(10)14/h3-7H,1-2H3. The molecule has 0 N–H and O–H groups in total. The Balaban J connectivity index is 2.39. The maximum atomic E-state index is 13.7. The molecule has 112 valence electrons. The topological polar surface area (TPSA) is 38.1 Å². The van der Waals surface area contributed by atoms with Gasteiger partial charge in [-0.25, -0.2) is 4.39 Å². The number of aromatic nitrogens is 2. The number of carbonyl (C=O) groups is 1. The van der Waals surface area contributed by atoms with Gasteiger partial charge in [0, 0.05) is 20.3 Å². The van der Waals surface area contributed by atoms with Crippen molar-refractivity contribution >= 4 is 11.6 Å². The Bertz CT molecular complexity index is 678. The molecule has 0 spiro atoms. The zero-order valence-corrected chi connectivity index (χ0v) is 11.1. The average molecular weight is 301 g/mol. The minimum Gasteiger partial charge on any atom is -0.308 e. The maximum absolute atomic E-state index is 13.7. The zero-order valence-electron chi connectivity index (χ0n) is 11.1. The van der Waals surface area contributed by atoms with E-state index in [1.165, 1.54) is 24.1 Å². The fourth-order valence-corrected chi connectivity index (χ4v) is 1.74. The summed E-state index contributed by atoms with van der Waals surface area (Å²) in [6, 6.07) is 1.73. The van der Waals surface area contributed by atoms with Gasteiger partial charge < -0.3 is 4.90 Å². The van der Waals surface area contributed by atoms with Crippen molar-refractivity contribution < 1.29 is 22.4 Å². The molecule has 0 fully saturated rings. The van der Waals surface area contributed by atoms with Gasteiger partial charge in [0.25, 0.3) is 5.91 Å². The van der Waals surface area contributed by atoms with Gasteiger partial charge in [0.05, 0.1) is 23.0 Å². The van der Waals surface area contributed by atoms with Crippen molar-refractivity contribution in [3.05, 3.63) is 47.5 Å². The Labute approximate surface area is 117 Å². The second-order valence-corrected chi connectivity index (χ2v) is 4.43. The van der Waals surface area contributed by atoms with E-state index in [0.29, 0.717) is 23.9 Å². The normalized spacial score (nSPS) is 11.5. The van der Waals surface area contributed by atoms with E-state index in [2.05, 4.69) is 5.10 Å². The Morgan fingerprint density at radius 2 is 2.00 bits per heavy atom. The molecule has 0 unspecified atom stereocenters. The van der Waals surface area contributed by atoms with Crippen molar-refractivity contribution in [3.8, 4) is 0 Å². The number of halogens is 4. The van der Waals surface area contributed by atoms with Gasteiger partial charge in [0.15, 0.2) is 0 Å². The molecular formula is C13H11F4N3O. The summed E-state index contributed by atoms with van der Waals surface area (Å²) in [7, 11) is 2.95. The molecule has 1 amide bonds. The van der Waals surface area contributed by atoms with Gasteiger partial charge in [0.1, 0.15) is 5.82 Å². The van der Waals surface area contributed by atoms with Crippen LogP contribution >= 0.6 is 0 Å². The Morgan fingerprint density at radius 3 is 2.52 bits per heavy atom. The van der Waals surface area contributed by atoms with E-state index in [4.69, 9.17) is 0 Å². The summed E-state index contributed by atoms with van der Waals surface area (Å²) in [5, 5.41) is 3.84.